The summed E-state index contributed by atoms with van der Waals surface area (Å²) in [4.78, 5) is 13.7. The third-order valence-corrected chi connectivity index (χ3v) is 5.11. The summed E-state index contributed by atoms with van der Waals surface area (Å²) in [5, 5.41) is 7.94. The van der Waals surface area contributed by atoms with Gasteiger partial charge in [-0.1, -0.05) is 28.1 Å². The highest BCUT2D eigenvalue weighted by Crippen LogP contribution is 2.24. The molecule has 2 N–H and O–H groups in total. The maximum Gasteiger partial charge on any atom is 0.138 e. The van der Waals surface area contributed by atoms with Crippen molar-refractivity contribution in [3.8, 4) is 0 Å². The molecular weight excluding hydrogens is 406 g/mol. The first-order chi connectivity index (χ1) is 13.2. The molecule has 1 saturated heterocycles. The molecule has 3 heterocycles. The molecule has 1 aromatic carbocycles. The lowest BCUT2D eigenvalue weighted by Crippen LogP contribution is -2.28. The van der Waals surface area contributed by atoms with Crippen molar-refractivity contribution in [2.24, 2.45) is 0 Å². The van der Waals surface area contributed by atoms with E-state index >= 15 is 0 Å². The van der Waals surface area contributed by atoms with Crippen LogP contribution in [0.2, 0.25) is 0 Å². The number of pyridine rings is 1. The fourth-order valence-electron chi connectivity index (χ4n) is 3.25. The zero-order valence-corrected chi connectivity index (χ0v) is 16.8. The molecule has 0 spiro atoms. The first-order valence-electron chi connectivity index (χ1n) is 9.14. The van der Waals surface area contributed by atoms with Gasteiger partial charge in [-0.25, -0.2) is 15.0 Å². The minimum absolute atomic E-state index is 0.396. The Labute approximate surface area is 166 Å². The van der Waals surface area contributed by atoms with Gasteiger partial charge in [-0.2, -0.15) is 0 Å². The van der Waals surface area contributed by atoms with E-state index in [4.69, 9.17) is 4.74 Å². The van der Waals surface area contributed by atoms with Gasteiger partial charge in [-0.05, 0) is 43.5 Å². The normalized spacial score (nSPS) is 15.0. The molecule has 1 fully saturated rings. The fourth-order valence-corrected chi connectivity index (χ4v) is 3.69. The van der Waals surface area contributed by atoms with E-state index in [9.17, 15) is 0 Å². The van der Waals surface area contributed by atoms with Crippen molar-refractivity contribution in [1.82, 2.24) is 15.0 Å². The van der Waals surface area contributed by atoms with Gasteiger partial charge in [0.2, 0.25) is 0 Å². The number of anilines is 2. The molecule has 1 aliphatic rings. The van der Waals surface area contributed by atoms with Crippen LogP contribution in [0.1, 0.15) is 24.2 Å². The topological polar surface area (TPSA) is 72.0 Å². The van der Waals surface area contributed by atoms with Crippen LogP contribution in [0, 0.1) is 6.92 Å². The lowest BCUT2D eigenvalue weighted by Gasteiger charge is -2.23. The second kappa shape index (κ2) is 8.19. The van der Waals surface area contributed by atoms with Gasteiger partial charge in [-0.15, -0.1) is 0 Å². The number of rotatable bonds is 5. The van der Waals surface area contributed by atoms with Crippen molar-refractivity contribution in [2.75, 3.05) is 23.8 Å². The second-order valence-electron chi connectivity index (χ2n) is 6.72. The van der Waals surface area contributed by atoms with Gasteiger partial charge < -0.3 is 15.4 Å². The van der Waals surface area contributed by atoms with E-state index in [1.54, 1.807) is 0 Å². The summed E-state index contributed by atoms with van der Waals surface area (Å²) < 4.78 is 6.50. The monoisotopic (exact) mass is 427 g/mol. The Bertz CT molecular complexity index is 943. The maximum absolute atomic E-state index is 5.43. The number of halogens is 1. The highest BCUT2D eigenvalue weighted by atomic mass is 79.9. The van der Waals surface area contributed by atoms with Gasteiger partial charge >= 0.3 is 0 Å². The molecular formula is C20H22BrN5O. The first kappa shape index (κ1) is 18.1. The molecule has 0 radical (unpaired) electrons. The van der Waals surface area contributed by atoms with Gasteiger partial charge in [0.25, 0.3) is 0 Å². The van der Waals surface area contributed by atoms with Crippen LogP contribution in [-0.2, 0) is 11.3 Å². The number of aryl methyl sites for hydroxylation is 1. The number of hydrogen-bond donors (Lipinski definition) is 2. The number of fused-ring (bicyclic) bond motifs is 1. The lowest BCUT2D eigenvalue weighted by atomic mass is 10.1. The van der Waals surface area contributed by atoms with Crippen LogP contribution >= 0.6 is 15.9 Å². The van der Waals surface area contributed by atoms with Crippen LogP contribution in [0.4, 0.5) is 11.6 Å². The van der Waals surface area contributed by atoms with E-state index in [1.165, 1.54) is 5.56 Å². The van der Waals surface area contributed by atoms with Crippen molar-refractivity contribution in [2.45, 2.75) is 32.4 Å². The molecule has 1 aliphatic heterocycles. The Kier molecular flexibility index (Phi) is 5.50. The number of aromatic nitrogens is 3. The third kappa shape index (κ3) is 4.54. The van der Waals surface area contributed by atoms with Crippen LogP contribution in [0.5, 0.6) is 0 Å². The minimum atomic E-state index is 0.396. The fraction of sp³-hybridized carbons (Fsp3) is 0.350. The standard InChI is InChI=1S/C20H22BrN5O/c1-13-24-18-12-22-19(26-16-5-7-27-8-6-16)10-17(18)20(25-13)23-11-14-3-2-4-15(21)9-14/h2-4,9-10,12,16H,5-8,11H2,1H3,(H,22,26)(H,23,24,25). The largest absolute Gasteiger partial charge is 0.381 e. The number of nitrogens with zero attached hydrogens (tertiary/aromatic N) is 3. The molecule has 0 bridgehead atoms. The van der Waals surface area contributed by atoms with Crippen LogP contribution in [0.3, 0.4) is 0 Å². The maximum atomic E-state index is 5.43. The van der Waals surface area contributed by atoms with Crippen LogP contribution in [0.25, 0.3) is 10.9 Å². The molecule has 0 saturated carbocycles. The van der Waals surface area contributed by atoms with Crippen molar-refractivity contribution in [3.63, 3.8) is 0 Å². The highest BCUT2D eigenvalue weighted by molar-refractivity contribution is 9.10. The van der Waals surface area contributed by atoms with Gasteiger partial charge in [0, 0.05) is 35.7 Å². The zero-order chi connectivity index (χ0) is 18.6. The lowest BCUT2D eigenvalue weighted by molar-refractivity contribution is 0.0904. The molecule has 3 aromatic rings. The quantitative estimate of drug-likeness (QED) is 0.632. The molecule has 2 aromatic heterocycles. The average molecular weight is 428 g/mol. The van der Waals surface area contributed by atoms with Crippen LogP contribution in [-0.4, -0.2) is 34.2 Å². The Morgan fingerprint density at radius 1 is 1.19 bits per heavy atom. The summed E-state index contributed by atoms with van der Waals surface area (Å²) in [6, 6.07) is 10.7. The average Bonchev–Trinajstić information content (AvgIpc) is 2.67. The summed E-state index contributed by atoms with van der Waals surface area (Å²) >= 11 is 3.52. The molecule has 0 aliphatic carbocycles. The summed E-state index contributed by atoms with van der Waals surface area (Å²) in [7, 11) is 0. The van der Waals surface area contributed by atoms with Crippen LogP contribution in [0.15, 0.2) is 41.0 Å². The molecule has 0 amide bonds. The van der Waals surface area contributed by atoms with E-state index in [0.717, 1.165) is 58.9 Å². The van der Waals surface area contributed by atoms with E-state index in [-0.39, 0.29) is 0 Å². The minimum Gasteiger partial charge on any atom is -0.381 e. The summed E-state index contributed by atoms with van der Waals surface area (Å²) in [5.74, 6) is 2.41. The number of ether oxygens (including phenoxy) is 1. The van der Waals surface area contributed by atoms with Crippen molar-refractivity contribution in [3.05, 3.63) is 52.4 Å². The van der Waals surface area contributed by atoms with Crippen molar-refractivity contribution in [1.29, 1.82) is 0 Å². The predicted octanol–water partition coefficient (Wildman–Crippen LogP) is 4.30. The molecule has 140 valence electrons. The van der Waals surface area contributed by atoms with Crippen molar-refractivity contribution >= 4 is 38.5 Å². The van der Waals surface area contributed by atoms with E-state index in [0.29, 0.717) is 12.6 Å². The summed E-state index contributed by atoms with van der Waals surface area (Å²) in [6.45, 7) is 4.19. The highest BCUT2D eigenvalue weighted by Gasteiger charge is 2.15. The number of hydrogen-bond acceptors (Lipinski definition) is 6. The third-order valence-electron chi connectivity index (χ3n) is 4.62. The summed E-state index contributed by atoms with van der Waals surface area (Å²) in [6.07, 6.45) is 3.81. The van der Waals surface area contributed by atoms with Gasteiger partial charge in [0.05, 0.1) is 11.7 Å². The SMILES string of the molecule is Cc1nc(NCc2cccc(Br)c2)c2cc(NC3CCOCC3)ncc2n1. The van der Waals surface area contributed by atoms with E-state index in [2.05, 4.69) is 53.6 Å². The molecule has 0 unspecified atom stereocenters. The van der Waals surface area contributed by atoms with E-state index < -0.39 is 0 Å². The second-order valence-corrected chi connectivity index (χ2v) is 7.64. The van der Waals surface area contributed by atoms with Gasteiger partial charge in [0.1, 0.15) is 17.5 Å². The van der Waals surface area contributed by atoms with Crippen LogP contribution < -0.4 is 10.6 Å². The van der Waals surface area contributed by atoms with Crippen molar-refractivity contribution < 1.29 is 4.74 Å². The Morgan fingerprint density at radius 2 is 2.04 bits per heavy atom. The Balaban J connectivity index is 1.59. The Hall–Kier alpha value is -2.25. The Morgan fingerprint density at radius 3 is 2.85 bits per heavy atom. The van der Waals surface area contributed by atoms with E-state index in [1.807, 2.05) is 31.3 Å². The summed E-state index contributed by atoms with van der Waals surface area (Å²) in [5.41, 5.74) is 2.03. The molecule has 0 atom stereocenters. The smallest absolute Gasteiger partial charge is 0.138 e. The molecule has 27 heavy (non-hydrogen) atoms. The molecule has 4 rings (SSSR count). The van der Waals surface area contributed by atoms with Gasteiger partial charge in [0.15, 0.2) is 0 Å². The van der Waals surface area contributed by atoms with Gasteiger partial charge in [-0.3, -0.25) is 0 Å². The first-order valence-corrected chi connectivity index (χ1v) is 9.94. The molecule has 7 heteroatoms. The predicted molar refractivity (Wildman–Crippen MR) is 111 cm³/mol. The number of benzene rings is 1. The molecule has 6 nitrogen and oxygen atoms in total. The zero-order valence-electron chi connectivity index (χ0n) is 15.2. The number of nitrogens with one attached hydrogen (secondary N) is 2.